The van der Waals surface area contributed by atoms with Gasteiger partial charge in [0.2, 0.25) is 12.0 Å². The zero-order chi connectivity index (χ0) is 18.1. The first-order valence-corrected chi connectivity index (χ1v) is 8.24. The lowest BCUT2D eigenvalue weighted by molar-refractivity contribution is -0.154. The largest absolute Gasteiger partial charge is 0.478 e. The van der Waals surface area contributed by atoms with Gasteiger partial charge in [-0.25, -0.2) is 14.2 Å². The summed E-state index contributed by atoms with van der Waals surface area (Å²) in [4.78, 5) is 16.4. The van der Waals surface area contributed by atoms with Crippen molar-refractivity contribution < 1.29 is 23.1 Å². The zero-order valence-electron chi connectivity index (χ0n) is 14.0. The van der Waals surface area contributed by atoms with E-state index in [1.54, 1.807) is 12.1 Å². The Labute approximate surface area is 149 Å². The minimum atomic E-state index is -0.682. The van der Waals surface area contributed by atoms with E-state index in [4.69, 9.17) is 13.9 Å². The highest BCUT2D eigenvalue weighted by Crippen LogP contribution is 2.38. The molecule has 4 rings (SSSR count). The highest BCUT2D eigenvalue weighted by Gasteiger charge is 2.37. The molecule has 0 saturated carbocycles. The maximum atomic E-state index is 13.0. The number of rotatable bonds is 4. The lowest BCUT2D eigenvalue weighted by Crippen LogP contribution is -2.29. The minimum Gasteiger partial charge on any atom is -0.478 e. The van der Waals surface area contributed by atoms with Crippen molar-refractivity contribution in [1.82, 2.24) is 4.98 Å². The lowest BCUT2D eigenvalue weighted by Gasteiger charge is -2.13. The summed E-state index contributed by atoms with van der Waals surface area (Å²) in [7, 11) is 0. The number of fused-ring (bicyclic) bond motifs is 1. The number of hydrogen-bond acceptors (Lipinski definition) is 5. The number of carbonyl (C=O) groups is 1. The average Bonchev–Trinajstić information content (AvgIpc) is 3.26. The molecule has 2 unspecified atom stereocenters. The minimum absolute atomic E-state index is 0.0852. The fourth-order valence-electron chi connectivity index (χ4n) is 2.96. The Bertz CT molecular complexity index is 935. The van der Waals surface area contributed by atoms with Gasteiger partial charge in [0.05, 0.1) is 6.20 Å². The Kier molecular flexibility index (Phi) is 4.16. The highest BCUT2D eigenvalue weighted by atomic mass is 19.1. The highest BCUT2D eigenvalue weighted by molar-refractivity contribution is 5.78. The summed E-state index contributed by atoms with van der Waals surface area (Å²) in [6, 6.07) is 13.4. The molecule has 2 aromatic carbocycles. The van der Waals surface area contributed by atoms with Crippen LogP contribution in [0.4, 0.5) is 4.39 Å². The van der Waals surface area contributed by atoms with Crippen molar-refractivity contribution in [3.63, 3.8) is 0 Å². The molecule has 0 bridgehead atoms. The van der Waals surface area contributed by atoms with Crippen LogP contribution in [-0.4, -0.2) is 17.1 Å². The molecule has 0 aliphatic carbocycles. The fraction of sp³-hybridized carbons (Fsp3) is 0.200. The number of hydrogen-bond donors (Lipinski definition) is 0. The molecule has 0 radical (unpaired) electrons. The molecule has 0 fully saturated rings. The number of para-hydroxylation sites is 1. The smallest absolute Gasteiger partial charge is 0.348 e. The van der Waals surface area contributed by atoms with Gasteiger partial charge in [0.25, 0.3) is 0 Å². The number of halogens is 1. The molecular formula is C20H16FNO4. The summed E-state index contributed by atoms with van der Waals surface area (Å²) in [5.74, 6) is 0.578. The summed E-state index contributed by atoms with van der Waals surface area (Å²) >= 11 is 0. The molecule has 1 aliphatic heterocycles. The molecule has 0 saturated heterocycles. The third-order valence-corrected chi connectivity index (χ3v) is 4.37. The first kappa shape index (κ1) is 16.3. The van der Waals surface area contributed by atoms with Crippen LogP contribution in [0.25, 0.3) is 11.3 Å². The Morgan fingerprint density at radius 3 is 2.73 bits per heavy atom. The molecule has 0 spiro atoms. The molecule has 2 heterocycles. The van der Waals surface area contributed by atoms with Crippen LogP contribution in [0.2, 0.25) is 0 Å². The van der Waals surface area contributed by atoms with E-state index in [9.17, 15) is 9.18 Å². The molecular weight excluding hydrogens is 337 g/mol. The van der Waals surface area contributed by atoms with Crippen LogP contribution in [-0.2, 0) is 16.1 Å². The predicted molar refractivity (Wildman–Crippen MR) is 91.0 cm³/mol. The van der Waals surface area contributed by atoms with Gasteiger partial charge in [-0.2, -0.15) is 0 Å². The standard InChI is InChI=1S/C20H16FNO4/c1-12-15-4-2-3-5-16(15)26-19(12)20(23)24-11-18-22-10-17(25-18)13-6-8-14(21)9-7-13/h2-10,12,19H,11H2,1H3. The van der Waals surface area contributed by atoms with Gasteiger partial charge in [-0.1, -0.05) is 25.1 Å². The van der Waals surface area contributed by atoms with E-state index in [1.807, 2.05) is 31.2 Å². The first-order chi connectivity index (χ1) is 12.6. The number of esters is 1. The van der Waals surface area contributed by atoms with Crippen LogP contribution in [0.3, 0.4) is 0 Å². The second kappa shape index (κ2) is 6.63. The normalized spacial score (nSPS) is 18.2. The quantitative estimate of drug-likeness (QED) is 0.661. The molecule has 1 aliphatic rings. The van der Waals surface area contributed by atoms with Crippen LogP contribution in [0.5, 0.6) is 5.75 Å². The van der Waals surface area contributed by atoms with E-state index >= 15 is 0 Å². The molecule has 0 amide bonds. The van der Waals surface area contributed by atoms with E-state index in [1.165, 1.54) is 18.3 Å². The van der Waals surface area contributed by atoms with E-state index < -0.39 is 12.1 Å². The number of ether oxygens (including phenoxy) is 2. The molecule has 0 N–H and O–H groups in total. The van der Waals surface area contributed by atoms with Crippen LogP contribution in [0, 0.1) is 5.82 Å². The van der Waals surface area contributed by atoms with E-state index in [-0.39, 0.29) is 24.2 Å². The van der Waals surface area contributed by atoms with Crippen molar-refractivity contribution in [2.75, 3.05) is 0 Å². The van der Waals surface area contributed by atoms with Crippen molar-refractivity contribution in [1.29, 1.82) is 0 Å². The van der Waals surface area contributed by atoms with Gasteiger partial charge in [0.15, 0.2) is 12.4 Å². The third kappa shape index (κ3) is 3.06. The Morgan fingerprint density at radius 1 is 1.19 bits per heavy atom. The van der Waals surface area contributed by atoms with Crippen LogP contribution in [0.1, 0.15) is 24.3 Å². The second-order valence-corrected chi connectivity index (χ2v) is 6.10. The third-order valence-electron chi connectivity index (χ3n) is 4.37. The summed E-state index contributed by atoms with van der Waals surface area (Å²) in [5, 5.41) is 0. The topological polar surface area (TPSA) is 61.6 Å². The molecule has 5 nitrogen and oxygen atoms in total. The van der Waals surface area contributed by atoms with Gasteiger partial charge in [-0.3, -0.25) is 0 Å². The van der Waals surface area contributed by atoms with Crippen LogP contribution < -0.4 is 4.74 Å². The molecule has 3 aromatic rings. The van der Waals surface area contributed by atoms with Gasteiger partial charge in [0, 0.05) is 17.0 Å². The van der Waals surface area contributed by atoms with Gasteiger partial charge in [-0.05, 0) is 30.3 Å². The van der Waals surface area contributed by atoms with Gasteiger partial charge in [0.1, 0.15) is 11.6 Å². The maximum Gasteiger partial charge on any atom is 0.348 e. The number of oxazole rings is 1. The van der Waals surface area contributed by atoms with E-state index in [2.05, 4.69) is 4.98 Å². The monoisotopic (exact) mass is 353 g/mol. The Hall–Kier alpha value is -3.15. The zero-order valence-corrected chi connectivity index (χ0v) is 14.0. The summed E-state index contributed by atoms with van der Waals surface area (Å²) in [6.45, 7) is 1.83. The SMILES string of the molecule is CC1c2ccccc2OC1C(=O)OCc1ncc(-c2ccc(F)cc2)o1. The fourth-order valence-corrected chi connectivity index (χ4v) is 2.96. The van der Waals surface area contributed by atoms with Gasteiger partial charge in [-0.15, -0.1) is 0 Å². The van der Waals surface area contributed by atoms with E-state index in [0.29, 0.717) is 17.1 Å². The number of benzene rings is 2. The second-order valence-electron chi connectivity index (χ2n) is 6.10. The summed E-state index contributed by atoms with van der Waals surface area (Å²) in [5.41, 5.74) is 1.68. The van der Waals surface area contributed by atoms with Crippen molar-refractivity contribution in [2.45, 2.75) is 25.6 Å². The van der Waals surface area contributed by atoms with Crippen molar-refractivity contribution in [3.05, 3.63) is 72.0 Å². The van der Waals surface area contributed by atoms with Gasteiger partial charge >= 0.3 is 5.97 Å². The predicted octanol–water partition coefficient (Wildman–Crippen LogP) is 4.09. The molecule has 1 aromatic heterocycles. The summed E-state index contributed by atoms with van der Waals surface area (Å²) in [6.07, 6.45) is 0.833. The Balaban J connectivity index is 1.39. The van der Waals surface area contributed by atoms with E-state index in [0.717, 1.165) is 5.56 Å². The average molecular weight is 353 g/mol. The lowest BCUT2D eigenvalue weighted by atomic mass is 9.98. The molecule has 132 valence electrons. The van der Waals surface area contributed by atoms with Crippen molar-refractivity contribution in [2.24, 2.45) is 0 Å². The van der Waals surface area contributed by atoms with Crippen molar-refractivity contribution >= 4 is 5.97 Å². The molecule has 2 atom stereocenters. The van der Waals surface area contributed by atoms with Crippen LogP contribution in [0.15, 0.2) is 59.1 Å². The summed E-state index contributed by atoms with van der Waals surface area (Å²) < 4.78 is 29.5. The first-order valence-electron chi connectivity index (χ1n) is 8.24. The molecule has 26 heavy (non-hydrogen) atoms. The van der Waals surface area contributed by atoms with Crippen LogP contribution >= 0.6 is 0 Å². The Morgan fingerprint density at radius 2 is 1.96 bits per heavy atom. The number of carbonyl (C=O) groups excluding carboxylic acids is 1. The maximum absolute atomic E-state index is 13.0. The number of aromatic nitrogens is 1. The number of nitrogens with zero attached hydrogens (tertiary/aromatic N) is 1. The molecule has 6 heteroatoms. The van der Waals surface area contributed by atoms with Gasteiger partial charge < -0.3 is 13.9 Å². The van der Waals surface area contributed by atoms with Crippen molar-refractivity contribution in [3.8, 4) is 17.1 Å².